The summed E-state index contributed by atoms with van der Waals surface area (Å²) in [5, 5.41) is 20.2. The fourth-order valence-electron chi connectivity index (χ4n) is 11.1. The number of benzene rings is 4. The van der Waals surface area contributed by atoms with Crippen LogP contribution < -0.4 is 9.64 Å². The van der Waals surface area contributed by atoms with Crippen molar-refractivity contribution in [2.75, 3.05) is 70.5 Å². The maximum atomic E-state index is 15.7. The Labute approximate surface area is 430 Å². The van der Waals surface area contributed by atoms with Crippen LogP contribution in [0.2, 0.25) is 0 Å². The summed E-state index contributed by atoms with van der Waals surface area (Å²) in [6.45, 7) is 10.8. The SMILES string of the molecule is Cc1c(N(C(=O)c2cc(-c3cc4c(cc3C(=O)N3Cc5ccccc5C[C@H]3CN3CCCC3)CN(C(=O)Cc3c(F)cc(OCCN5CCOCC5)cc3F)CC4)n(C)c2C)c2ccc(O)cc2)cc(C#N)n1C. The van der Waals surface area contributed by atoms with E-state index in [1.54, 1.807) is 39.6 Å². The number of hydrogen-bond acceptors (Lipinski definition) is 9. The number of halogens is 2. The molecule has 2 saturated heterocycles. The standard InChI is InChI=1S/C58H62F2N8O6/c1-37-48(58(72)68(43-11-13-46(69)14-12-43)54-28-44(33-61)62(3)38(54)2)31-55(63(37)4)49-26-40-15-18-66(56(70)32-51-52(59)29-47(30-53(51)60)74-24-21-64-19-22-73-23-20-64)34-42(40)27-50(49)57(71)67-35-41-10-6-5-9-39(41)25-45(67)36-65-16-7-8-17-65/h5-6,9-14,26-31,45,69H,7-8,15-25,32,34-36H2,1-4H3/t45-/m0/s1. The van der Waals surface area contributed by atoms with E-state index < -0.39 is 24.0 Å². The summed E-state index contributed by atoms with van der Waals surface area (Å²) in [5.41, 5.74) is 8.38. The first-order valence-electron chi connectivity index (χ1n) is 25.6. The first-order chi connectivity index (χ1) is 35.8. The van der Waals surface area contributed by atoms with E-state index in [0.29, 0.717) is 90.0 Å². The Hall–Kier alpha value is -7.32. The molecule has 0 aliphatic carbocycles. The fraction of sp³-hybridized carbons (Fsp3) is 0.379. The van der Waals surface area contributed by atoms with E-state index in [1.807, 2.05) is 60.7 Å². The summed E-state index contributed by atoms with van der Waals surface area (Å²) in [7, 11) is 3.64. The van der Waals surface area contributed by atoms with E-state index in [0.717, 1.165) is 74.4 Å². The highest BCUT2D eigenvalue weighted by molar-refractivity contribution is 6.13. The summed E-state index contributed by atoms with van der Waals surface area (Å²) >= 11 is 0. The van der Waals surface area contributed by atoms with Crippen molar-refractivity contribution in [1.82, 2.24) is 28.7 Å². The predicted molar refractivity (Wildman–Crippen MR) is 276 cm³/mol. The van der Waals surface area contributed by atoms with Gasteiger partial charge in [-0.3, -0.25) is 24.2 Å². The molecule has 4 aromatic carbocycles. The van der Waals surface area contributed by atoms with Crippen molar-refractivity contribution >= 4 is 29.1 Å². The molecule has 2 fully saturated rings. The third kappa shape index (κ3) is 10.0. The van der Waals surface area contributed by atoms with Crippen LogP contribution in [0.15, 0.2) is 84.9 Å². The Morgan fingerprint density at radius 3 is 2.22 bits per heavy atom. The number of fused-ring (bicyclic) bond motifs is 2. The largest absolute Gasteiger partial charge is 0.508 e. The Bertz CT molecular complexity index is 3140. The highest BCUT2D eigenvalue weighted by Crippen LogP contribution is 2.39. The number of nitriles is 1. The van der Waals surface area contributed by atoms with Crippen LogP contribution in [-0.2, 0) is 56.0 Å². The molecule has 10 rings (SSSR count). The molecule has 3 amide bonds. The fourth-order valence-corrected chi connectivity index (χ4v) is 11.1. The van der Waals surface area contributed by atoms with Crippen molar-refractivity contribution in [3.8, 4) is 28.8 Å². The first-order valence-corrected chi connectivity index (χ1v) is 25.6. The van der Waals surface area contributed by atoms with Gasteiger partial charge in [0.05, 0.1) is 30.9 Å². The zero-order chi connectivity index (χ0) is 51.8. The highest BCUT2D eigenvalue weighted by Gasteiger charge is 2.36. The van der Waals surface area contributed by atoms with Crippen molar-refractivity contribution in [3.05, 3.63) is 153 Å². The van der Waals surface area contributed by atoms with E-state index in [-0.39, 0.29) is 54.6 Å². The van der Waals surface area contributed by atoms with Gasteiger partial charge in [-0.25, -0.2) is 8.78 Å². The number of hydrogen-bond donors (Lipinski definition) is 1. The monoisotopic (exact) mass is 1000 g/mol. The summed E-state index contributed by atoms with van der Waals surface area (Å²) in [4.78, 5) is 54.7. The van der Waals surface area contributed by atoms with Gasteiger partial charge in [-0.1, -0.05) is 24.3 Å². The molecule has 2 aromatic heterocycles. The predicted octanol–water partition coefficient (Wildman–Crippen LogP) is 7.98. The summed E-state index contributed by atoms with van der Waals surface area (Å²) < 4.78 is 46.0. The first kappa shape index (κ1) is 50.2. The molecular weight excluding hydrogens is 943 g/mol. The number of carbonyl (C=O) groups excluding carboxylic acids is 3. The maximum Gasteiger partial charge on any atom is 0.264 e. The van der Waals surface area contributed by atoms with Gasteiger partial charge >= 0.3 is 0 Å². The van der Waals surface area contributed by atoms with Crippen molar-refractivity contribution in [2.45, 2.75) is 65.1 Å². The van der Waals surface area contributed by atoms with E-state index in [4.69, 9.17) is 9.47 Å². The Morgan fingerprint density at radius 2 is 1.51 bits per heavy atom. The van der Waals surface area contributed by atoms with Crippen molar-refractivity contribution in [3.63, 3.8) is 0 Å². The zero-order valence-electron chi connectivity index (χ0n) is 42.5. The van der Waals surface area contributed by atoms with Crippen LogP contribution in [0.1, 0.15) is 78.5 Å². The van der Waals surface area contributed by atoms with Crippen LogP contribution in [0.25, 0.3) is 11.3 Å². The molecule has 6 heterocycles. The summed E-state index contributed by atoms with van der Waals surface area (Å²) in [6, 6.07) is 26.3. The molecule has 16 heteroatoms. The molecule has 0 bridgehead atoms. The van der Waals surface area contributed by atoms with Gasteiger partial charge in [0, 0.05) is 118 Å². The molecule has 4 aliphatic heterocycles. The lowest BCUT2D eigenvalue weighted by Gasteiger charge is -2.39. The van der Waals surface area contributed by atoms with Gasteiger partial charge in [0.25, 0.3) is 11.8 Å². The average molecular weight is 1010 g/mol. The summed E-state index contributed by atoms with van der Waals surface area (Å²) in [5.74, 6) is -2.60. The third-order valence-corrected chi connectivity index (χ3v) is 15.7. The van der Waals surface area contributed by atoms with Crippen molar-refractivity contribution < 1.29 is 37.7 Å². The van der Waals surface area contributed by atoms with Crippen LogP contribution in [0.3, 0.4) is 0 Å². The van der Waals surface area contributed by atoms with Gasteiger partial charge < -0.3 is 38.4 Å². The lowest BCUT2D eigenvalue weighted by Crippen LogP contribution is -2.49. The molecule has 14 nitrogen and oxygen atoms in total. The van der Waals surface area contributed by atoms with Crippen LogP contribution >= 0.6 is 0 Å². The van der Waals surface area contributed by atoms with Gasteiger partial charge in [-0.2, -0.15) is 5.26 Å². The molecular formula is C58H62F2N8O6. The van der Waals surface area contributed by atoms with Gasteiger partial charge in [0.15, 0.2) is 0 Å². The zero-order valence-corrected chi connectivity index (χ0v) is 42.5. The number of amides is 3. The van der Waals surface area contributed by atoms with Crippen LogP contribution in [0, 0.1) is 36.8 Å². The van der Waals surface area contributed by atoms with Gasteiger partial charge in [0.1, 0.15) is 41.5 Å². The van der Waals surface area contributed by atoms with Gasteiger partial charge in [-0.05, 0) is 123 Å². The van der Waals surface area contributed by atoms with E-state index in [2.05, 4.69) is 28.0 Å². The minimum Gasteiger partial charge on any atom is -0.508 e. The third-order valence-electron chi connectivity index (χ3n) is 15.7. The van der Waals surface area contributed by atoms with Crippen LogP contribution in [0.5, 0.6) is 11.5 Å². The van der Waals surface area contributed by atoms with Crippen LogP contribution in [-0.4, -0.2) is 123 Å². The number of morpholine rings is 1. The molecule has 384 valence electrons. The molecule has 74 heavy (non-hydrogen) atoms. The molecule has 4 aliphatic rings. The van der Waals surface area contributed by atoms with Crippen LogP contribution in [0.4, 0.5) is 20.2 Å². The minimum atomic E-state index is -0.853. The van der Waals surface area contributed by atoms with Crippen molar-refractivity contribution in [2.24, 2.45) is 14.1 Å². The summed E-state index contributed by atoms with van der Waals surface area (Å²) in [6.07, 6.45) is 2.83. The maximum absolute atomic E-state index is 15.7. The Morgan fingerprint density at radius 1 is 0.797 bits per heavy atom. The number of likely N-dealkylation sites (tertiary alicyclic amines) is 1. The number of aromatic hydroxyl groups is 1. The number of carbonyl (C=O) groups is 3. The van der Waals surface area contributed by atoms with E-state index in [1.165, 1.54) is 17.7 Å². The Kier molecular flexibility index (Phi) is 14.4. The second kappa shape index (κ2) is 21.3. The Balaban J connectivity index is 0.997. The van der Waals surface area contributed by atoms with E-state index >= 15 is 18.4 Å². The lowest BCUT2D eigenvalue weighted by atomic mass is 9.89. The molecule has 6 aromatic rings. The topological polar surface area (TPSA) is 140 Å². The molecule has 0 spiro atoms. The van der Waals surface area contributed by atoms with Crippen molar-refractivity contribution in [1.29, 1.82) is 5.26 Å². The number of phenols is 1. The molecule has 0 radical (unpaired) electrons. The van der Waals surface area contributed by atoms with Gasteiger partial charge in [-0.15, -0.1) is 0 Å². The second-order valence-corrected chi connectivity index (χ2v) is 20.1. The number of aromatic nitrogens is 2. The number of ether oxygens (including phenoxy) is 2. The smallest absolute Gasteiger partial charge is 0.264 e. The van der Waals surface area contributed by atoms with Gasteiger partial charge in [0.2, 0.25) is 5.91 Å². The number of phenolic OH excluding ortho intramolecular Hbond substituents is 1. The quantitative estimate of drug-likeness (QED) is 0.122. The molecule has 0 saturated carbocycles. The number of nitrogens with zero attached hydrogens (tertiary/aromatic N) is 8. The molecule has 1 atom stereocenters. The number of anilines is 2. The second-order valence-electron chi connectivity index (χ2n) is 20.1. The lowest BCUT2D eigenvalue weighted by molar-refractivity contribution is -0.131. The molecule has 0 unspecified atom stereocenters. The number of rotatable bonds is 13. The normalized spacial score (nSPS) is 17.0. The van der Waals surface area contributed by atoms with E-state index in [9.17, 15) is 15.2 Å². The highest BCUT2D eigenvalue weighted by atomic mass is 19.1. The average Bonchev–Trinajstić information content (AvgIpc) is 4.11. The minimum absolute atomic E-state index is 0.0353. The molecule has 1 N–H and O–H groups in total.